The van der Waals surface area contributed by atoms with E-state index in [0.717, 1.165) is 22.8 Å². The van der Waals surface area contributed by atoms with Gasteiger partial charge >= 0.3 is 0 Å². The van der Waals surface area contributed by atoms with E-state index in [-0.39, 0.29) is 17.7 Å². The van der Waals surface area contributed by atoms with E-state index in [2.05, 4.69) is 5.32 Å². The monoisotopic (exact) mass is 403 g/mol. The Hall–Kier alpha value is -0.720. The Morgan fingerprint density at radius 1 is 1.12 bits per heavy atom. The van der Waals surface area contributed by atoms with Gasteiger partial charge in [-0.2, -0.15) is 0 Å². The summed E-state index contributed by atoms with van der Waals surface area (Å²) in [5, 5.41) is 3.27. The molecule has 1 atom stereocenters. The molecular formula is C17H19Cl2NO2S2. The SMILES string of the molecule is Cl.O=S(=O)(c1ccc(Sc2ccccc2)c(Cl)c1)C1CCCNC1. The molecule has 1 N–H and O–H groups in total. The Bertz CT molecular complexity index is 776. The van der Waals surface area contributed by atoms with Crippen LogP contribution in [0.3, 0.4) is 0 Å². The summed E-state index contributed by atoms with van der Waals surface area (Å²) in [6, 6.07) is 14.9. The van der Waals surface area contributed by atoms with Gasteiger partial charge in [0, 0.05) is 16.3 Å². The van der Waals surface area contributed by atoms with Gasteiger partial charge in [0.15, 0.2) is 9.84 Å². The Morgan fingerprint density at radius 2 is 1.88 bits per heavy atom. The van der Waals surface area contributed by atoms with Crippen LogP contribution < -0.4 is 5.32 Å². The van der Waals surface area contributed by atoms with E-state index >= 15 is 0 Å². The van der Waals surface area contributed by atoms with Gasteiger partial charge in [0.25, 0.3) is 0 Å². The first-order valence-electron chi connectivity index (χ1n) is 7.54. The largest absolute Gasteiger partial charge is 0.315 e. The van der Waals surface area contributed by atoms with Crippen molar-refractivity contribution in [3.63, 3.8) is 0 Å². The molecule has 0 bridgehead atoms. The van der Waals surface area contributed by atoms with Gasteiger partial charge in [0.1, 0.15) is 0 Å². The lowest BCUT2D eigenvalue weighted by atomic mass is 10.2. The first-order chi connectivity index (χ1) is 11.1. The van der Waals surface area contributed by atoms with Gasteiger partial charge in [0.2, 0.25) is 0 Å². The van der Waals surface area contributed by atoms with Crippen LogP contribution in [0.15, 0.2) is 63.2 Å². The molecular weight excluding hydrogens is 385 g/mol. The van der Waals surface area contributed by atoms with Crippen molar-refractivity contribution in [1.82, 2.24) is 5.32 Å². The van der Waals surface area contributed by atoms with E-state index in [1.165, 1.54) is 11.8 Å². The Kier molecular flexibility index (Phi) is 7.01. The molecule has 1 aliphatic rings. The number of rotatable bonds is 4. The number of sulfone groups is 1. The smallest absolute Gasteiger partial charge is 0.182 e. The number of hydrogen-bond donors (Lipinski definition) is 1. The zero-order valence-electron chi connectivity index (χ0n) is 12.9. The van der Waals surface area contributed by atoms with Gasteiger partial charge in [-0.25, -0.2) is 8.42 Å². The van der Waals surface area contributed by atoms with Crippen LogP contribution in [-0.2, 0) is 9.84 Å². The molecule has 1 saturated heterocycles. The van der Waals surface area contributed by atoms with Gasteiger partial charge in [-0.05, 0) is 49.7 Å². The van der Waals surface area contributed by atoms with Crippen molar-refractivity contribution < 1.29 is 8.42 Å². The van der Waals surface area contributed by atoms with Crippen molar-refractivity contribution in [3.8, 4) is 0 Å². The quantitative estimate of drug-likeness (QED) is 0.819. The molecule has 3 nitrogen and oxygen atoms in total. The molecule has 130 valence electrons. The Morgan fingerprint density at radius 3 is 2.50 bits per heavy atom. The Balaban J connectivity index is 0.00000208. The van der Waals surface area contributed by atoms with Crippen molar-refractivity contribution >= 4 is 45.6 Å². The van der Waals surface area contributed by atoms with E-state index in [4.69, 9.17) is 11.6 Å². The third-order valence-corrected chi connectivity index (χ3v) is 7.59. The molecule has 1 unspecified atom stereocenters. The zero-order valence-corrected chi connectivity index (χ0v) is 16.1. The van der Waals surface area contributed by atoms with E-state index in [9.17, 15) is 8.42 Å². The van der Waals surface area contributed by atoms with Crippen molar-refractivity contribution in [3.05, 3.63) is 53.6 Å². The fraction of sp³-hybridized carbons (Fsp3) is 0.294. The number of halogens is 2. The zero-order chi connectivity index (χ0) is 16.3. The van der Waals surface area contributed by atoms with Crippen LogP contribution in [0, 0.1) is 0 Å². The van der Waals surface area contributed by atoms with E-state index < -0.39 is 9.84 Å². The highest BCUT2D eigenvalue weighted by Crippen LogP contribution is 2.35. The first-order valence-corrected chi connectivity index (χ1v) is 10.3. The maximum absolute atomic E-state index is 12.7. The normalized spacial score (nSPS) is 18.0. The molecule has 0 radical (unpaired) electrons. The maximum Gasteiger partial charge on any atom is 0.182 e. The lowest BCUT2D eigenvalue weighted by Gasteiger charge is -2.23. The van der Waals surface area contributed by atoms with Gasteiger partial charge in [-0.3, -0.25) is 0 Å². The standard InChI is InChI=1S/C17H18ClNO2S2.ClH/c18-16-11-14(23(20,21)15-7-4-10-19-12-15)8-9-17(16)22-13-5-2-1-3-6-13;/h1-3,5-6,8-9,11,15,19H,4,7,10,12H2;1H. The van der Waals surface area contributed by atoms with Crippen molar-refractivity contribution in [1.29, 1.82) is 0 Å². The summed E-state index contributed by atoms with van der Waals surface area (Å²) in [5.74, 6) is 0. The third-order valence-electron chi connectivity index (χ3n) is 3.89. The minimum atomic E-state index is -3.33. The minimum absolute atomic E-state index is 0. The average Bonchev–Trinajstić information content (AvgIpc) is 2.58. The van der Waals surface area contributed by atoms with Crippen LogP contribution in [0.1, 0.15) is 12.8 Å². The van der Waals surface area contributed by atoms with E-state index in [1.54, 1.807) is 18.2 Å². The van der Waals surface area contributed by atoms with Crippen LogP contribution in [0.25, 0.3) is 0 Å². The predicted octanol–water partition coefficient (Wildman–Crippen LogP) is 4.44. The van der Waals surface area contributed by atoms with Gasteiger partial charge in [-0.1, -0.05) is 41.6 Å². The lowest BCUT2D eigenvalue weighted by molar-refractivity contribution is 0.497. The third kappa shape index (κ3) is 4.46. The molecule has 0 aromatic heterocycles. The summed E-state index contributed by atoms with van der Waals surface area (Å²) in [4.78, 5) is 2.24. The highest BCUT2D eigenvalue weighted by atomic mass is 35.5. The molecule has 1 aliphatic heterocycles. The summed E-state index contributed by atoms with van der Waals surface area (Å²) >= 11 is 7.85. The predicted molar refractivity (Wildman–Crippen MR) is 102 cm³/mol. The summed E-state index contributed by atoms with van der Waals surface area (Å²) in [7, 11) is -3.33. The number of nitrogens with one attached hydrogen (secondary N) is 1. The highest BCUT2D eigenvalue weighted by Gasteiger charge is 2.29. The number of hydrogen-bond acceptors (Lipinski definition) is 4. The summed E-state index contributed by atoms with van der Waals surface area (Å²) in [5.41, 5.74) is 0. The molecule has 3 rings (SSSR count). The molecule has 24 heavy (non-hydrogen) atoms. The molecule has 0 aliphatic carbocycles. The Labute approximate surface area is 158 Å². The summed E-state index contributed by atoms with van der Waals surface area (Å²) in [6.07, 6.45) is 1.59. The van der Waals surface area contributed by atoms with Crippen LogP contribution in [0.2, 0.25) is 5.02 Å². The topological polar surface area (TPSA) is 46.2 Å². The number of piperidine rings is 1. The van der Waals surface area contributed by atoms with Crippen molar-refractivity contribution in [2.45, 2.75) is 32.8 Å². The number of benzene rings is 2. The molecule has 0 amide bonds. The molecule has 1 fully saturated rings. The summed E-state index contributed by atoms with van der Waals surface area (Å²) in [6.45, 7) is 1.40. The second-order valence-electron chi connectivity index (χ2n) is 5.52. The molecule has 2 aromatic rings. The molecule has 7 heteroatoms. The van der Waals surface area contributed by atoms with Gasteiger partial charge < -0.3 is 5.32 Å². The lowest BCUT2D eigenvalue weighted by Crippen LogP contribution is -2.38. The van der Waals surface area contributed by atoms with Crippen LogP contribution in [0.4, 0.5) is 0 Å². The molecule has 0 saturated carbocycles. The summed E-state index contributed by atoms with van der Waals surface area (Å²) < 4.78 is 25.4. The average molecular weight is 404 g/mol. The minimum Gasteiger partial charge on any atom is -0.315 e. The van der Waals surface area contributed by atoms with Crippen LogP contribution in [-0.4, -0.2) is 26.8 Å². The van der Waals surface area contributed by atoms with Crippen molar-refractivity contribution in [2.75, 3.05) is 13.1 Å². The molecule has 2 aromatic carbocycles. The van der Waals surface area contributed by atoms with Crippen LogP contribution in [0.5, 0.6) is 0 Å². The van der Waals surface area contributed by atoms with Crippen LogP contribution >= 0.6 is 35.8 Å². The highest BCUT2D eigenvalue weighted by molar-refractivity contribution is 7.99. The van der Waals surface area contributed by atoms with E-state index in [0.29, 0.717) is 22.9 Å². The second kappa shape index (κ2) is 8.59. The molecule has 0 spiro atoms. The maximum atomic E-state index is 12.7. The van der Waals surface area contributed by atoms with Gasteiger partial charge in [0.05, 0.1) is 15.2 Å². The fourth-order valence-electron chi connectivity index (χ4n) is 2.63. The van der Waals surface area contributed by atoms with Crippen molar-refractivity contribution in [2.24, 2.45) is 0 Å². The molecule has 1 heterocycles. The van der Waals surface area contributed by atoms with E-state index in [1.807, 2.05) is 30.3 Å². The first kappa shape index (κ1) is 19.6. The van der Waals surface area contributed by atoms with Gasteiger partial charge in [-0.15, -0.1) is 12.4 Å². The second-order valence-corrected chi connectivity index (χ2v) is 9.27. The fourth-order valence-corrected chi connectivity index (χ4v) is 5.57.